The third-order valence-electron chi connectivity index (χ3n) is 4.59. The van der Waals surface area contributed by atoms with Crippen molar-refractivity contribution in [1.29, 1.82) is 0 Å². The number of likely N-dealkylation sites (tertiary alicyclic amines) is 1. The number of carbonyl (C=O) groups excluding carboxylic acids is 2. The van der Waals surface area contributed by atoms with Crippen LogP contribution in [0.5, 0.6) is 5.75 Å². The molecule has 0 bridgehead atoms. The lowest BCUT2D eigenvalue weighted by Gasteiger charge is -2.26. The van der Waals surface area contributed by atoms with Gasteiger partial charge >= 0.3 is 0 Å². The molecule has 0 spiro atoms. The number of nitrogens with zero attached hydrogens (tertiary/aromatic N) is 2. The first-order valence-electron chi connectivity index (χ1n) is 8.63. The highest BCUT2D eigenvalue weighted by atomic mass is 32.2. The van der Waals surface area contributed by atoms with Crippen LogP contribution < -0.4 is 4.74 Å². The van der Waals surface area contributed by atoms with E-state index in [2.05, 4.69) is 12.1 Å². The van der Waals surface area contributed by atoms with Gasteiger partial charge in [-0.15, -0.1) is 0 Å². The molecule has 1 unspecified atom stereocenters. The third kappa shape index (κ3) is 3.86. The molecule has 2 fully saturated rings. The Morgan fingerprint density at radius 2 is 2.08 bits per heavy atom. The third-order valence-corrected chi connectivity index (χ3v) is 5.48. The average molecular weight is 348 g/mol. The van der Waals surface area contributed by atoms with Gasteiger partial charge < -0.3 is 14.5 Å². The molecule has 2 aliphatic rings. The first-order valence-corrected chi connectivity index (χ1v) is 9.61. The van der Waals surface area contributed by atoms with E-state index in [1.807, 2.05) is 24.0 Å². The summed E-state index contributed by atoms with van der Waals surface area (Å²) in [7, 11) is 0. The minimum Gasteiger partial charge on any atom is -0.494 e. The molecule has 24 heavy (non-hydrogen) atoms. The lowest BCUT2D eigenvalue weighted by Crippen LogP contribution is -2.34. The molecule has 130 valence electrons. The summed E-state index contributed by atoms with van der Waals surface area (Å²) >= 11 is 1.34. The fourth-order valence-corrected chi connectivity index (χ4v) is 4.22. The molecule has 1 atom stereocenters. The highest BCUT2D eigenvalue weighted by molar-refractivity contribution is 8.13. The quantitative estimate of drug-likeness (QED) is 0.791. The van der Waals surface area contributed by atoms with E-state index in [1.165, 1.54) is 11.8 Å². The molecule has 0 aliphatic carbocycles. The van der Waals surface area contributed by atoms with Crippen molar-refractivity contribution in [3.8, 4) is 5.75 Å². The van der Waals surface area contributed by atoms with Crippen molar-refractivity contribution in [3.63, 3.8) is 0 Å². The van der Waals surface area contributed by atoms with Crippen molar-refractivity contribution in [2.75, 3.05) is 32.0 Å². The summed E-state index contributed by atoms with van der Waals surface area (Å²) in [5.74, 6) is 1.85. The molecule has 0 N–H and O–H groups in total. The predicted molar refractivity (Wildman–Crippen MR) is 95.3 cm³/mol. The molecule has 0 aromatic heterocycles. The molecule has 2 heterocycles. The fraction of sp³-hybridized carbons (Fsp3) is 0.556. The van der Waals surface area contributed by atoms with Crippen LogP contribution >= 0.6 is 11.8 Å². The van der Waals surface area contributed by atoms with Gasteiger partial charge in [0.2, 0.25) is 5.91 Å². The largest absolute Gasteiger partial charge is 0.494 e. The van der Waals surface area contributed by atoms with E-state index in [0.29, 0.717) is 19.6 Å². The number of ether oxygens (including phenoxy) is 1. The van der Waals surface area contributed by atoms with Crippen molar-refractivity contribution >= 4 is 22.9 Å². The summed E-state index contributed by atoms with van der Waals surface area (Å²) in [5.41, 5.74) is 1.16. The highest BCUT2D eigenvalue weighted by Gasteiger charge is 2.30. The molecule has 2 aliphatic heterocycles. The van der Waals surface area contributed by atoms with E-state index >= 15 is 0 Å². The predicted octanol–water partition coefficient (Wildman–Crippen LogP) is 3.31. The van der Waals surface area contributed by atoms with Crippen LogP contribution in [0.3, 0.4) is 0 Å². The Labute approximate surface area is 147 Å². The second-order valence-corrected chi connectivity index (χ2v) is 7.14. The zero-order chi connectivity index (χ0) is 16.9. The second-order valence-electron chi connectivity index (χ2n) is 6.10. The smallest absolute Gasteiger partial charge is 0.281 e. The molecule has 0 radical (unpaired) electrons. The summed E-state index contributed by atoms with van der Waals surface area (Å²) in [6.07, 6.45) is 2.44. The summed E-state index contributed by atoms with van der Waals surface area (Å²) in [6, 6.07) is 8.21. The normalized spacial score (nSPS) is 20.7. The summed E-state index contributed by atoms with van der Waals surface area (Å²) in [4.78, 5) is 28.0. The number of hydrogen-bond acceptors (Lipinski definition) is 4. The number of hydrogen-bond donors (Lipinski definition) is 0. The first kappa shape index (κ1) is 17.1. The minimum absolute atomic E-state index is 0.104. The topological polar surface area (TPSA) is 49.9 Å². The Kier molecular flexibility index (Phi) is 5.66. The van der Waals surface area contributed by atoms with Crippen molar-refractivity contribution in [1.82, 2.24) is 9.80 Å². The van der Waals surface area contributed by atoms with Gasteiger partial charge in [-0.2, -0.15) is 0 Å². The van der Waals surface area contributed by atoms with Crippen LogP contribution in [0, 0.1) is 0 Å². The summed E-state index contributed by atoms with van der Waals surface area (Å²) in [6.45, 7) is 4.73. The number of carbonyl (C=O) groups is 2. The van der Waals surface area contributed by atoms with Gasteiger partial charge in [0.05, 0.1) is 12.6 Å². The Morgan fingerprint density at radius 3 is 2.75 bits per heavy atom. The Balaban J connectivity index is 1.59. The van der Waals surface area contributed by atoms with Crippen LogP contribution in [0.1, 0.15) is 37.8 Å². The van der Waals surface area contributed by atoms with E-state index < -0.39 is 0 Å². The van der Waals surface area contributed by atoms with Gasteiger partial charge in [-0.25, -0.2) is 0 Å². The maximum absolute atomic E-state index is 12.6. The molecule has 3 rings (SSSR count). The van der Waals surface area contributed by atoms with Crippen molar-refractivity contribution < 1.29 is 14.3 Å². The van der Waals surface area contributed by atoms with Crippen molar-refractivity contribution in [2.24, 2.45) is 0 Å². The van der Waals surface area contributed by atoms with Crippen LogP contribution in [0.25, 0.3) is 0 Å². The van der Waals surface area contributed by atoms with Crippen LogP contribution in [-0.2, 0) is 4.79 Å². The van der Waals surface area contributed by atoms with Crippen molar-refractivity contribution in [3.05, 3.63) is 29.8 Å². The highest BCUT2D eigenvalue weighted by Crippen LogP contribution is 2.33. The molecule has 0 saturated carbocycles. The zero-order valence-electron chi connectivity index (χ0n) is 14.1. The average Bonchev–Trinajstić information content (AvgIpc) is 3.23. The van der Waals surface area contributed by atoms with Crippen LogP contribution in [0.2, 0.25) is 0 Å². The Hall–Kier alpha value is -1.69. The fourth-order valence-electron chi connectivity index (χ4n) is 3.37. The monoisotopic (exact) mass is 348 g/mol. The zero-order valence-corrected chi connectivity index (χ0v) is 14.9. The van der Waals surface area contributed by atoms with Gasteiger partial charge in [-0.3, -0.25) is 9.59 Å². The van der Waals surface area contributed by atoms with Gasteiger partial charge in [-0.05, 0) is 37.5 Å². The van der Waals surface area contributed by atoms with E-state index in [4.69, 9.17) is 4.74 Å². The van der Waals surface area contributed by atoms with E-state index in [1.54, 1.807) is 4.90 Å². The van der Waals surface area contributed by atoms with Gasteiger partial charge in [0.1, 0.15) is 5.75 Å². The number of amides is 2. The van der Waals surface area contributed by atoms with E-state index in [9.17, 15) is 9.59 Å². The SMILES string of the molecule is CCOc1ccc(C2CCCN2C(=O)CCN2CCSC2=O)cc1. The molecular formula is C18H24N2O3S. The van der Waals surface area contributed by atoms with Gasteiger partial charge in [0.15, 0.2) is 0 Å². The Morgan fingerprint density at radius 1 is 1.29 bits per heavy atom. The maximum Gasteiger partial charge on any atom is 0.281 e. The number of rotatable bonds is 6. The lowest BCUT2D eigenvalue weighted by molar-refractivity contribution is -0.132. The summed E-state index contributed by atoms with van der Waals surface area (Å²) < 4.78 is 5.48. The van der Waals surface area contributed by atoms with Gasteiger partial charge in [0, 0.05) is 31.8 Å². The molecular weight excluding hydrogens is 324 g/mol. The molecule has 1 aromatic rings. The molecule has 5 nitrogen and oxygen atoms in total. The number of benzene rings is 1. The molecule has 6 heteroatoms. The number of thioether (sulfide) groups is 1. The summed E-state index contributed by atoms with van der Waals surface area (Å²) in [5, 5.41) is 0.104. The Bertz CT molecular complexity index is 590. The standard InChI is InChI=1S/C18H24N2O3S/c1-2-23-15-7-5-14(6-8-15)16-4-3-10-20(16)17(21)9-11-19-12-13-24-18(19)22/h5-8,16H,2-4,9-13H2,1H3. The van der Waals surface area contributed by atoms with Crippen LogP contribution in [0.4, 0.5) is 4.79 Å². The molecule has 2 amide bonds. The van der Waals surface area contributed by atoms with Crippen LogP contribution in [0.15, 0.2) is 24.3 Å². The van der Waals surface area contributed by atoms with Crippen molar-refractivity contribution in [2.45, 2.75) is 32.2 Å². The second kappa shape index (κ2) is 7.92. The van der Waals surface area contributed by atoms with E-state index in [-0.39, 0.29) is 17.2 Å². The minimum atomic E-state index is 0.104. The lowest BCUT2D eigenvalue weighted by atomic mass is 10.0. The first-order chi connectivity index (χ1) is 11.7. The van der Waals surface area contributed by atoms with Gasteiger partial charge in [-0.1, -0.05) is 23.9 Å². The van der Waals surface area contributed by atoms with E-state index in [0.717, 1.165) is 43.0 Å². The molecule has 2 saturated heterocycles. The maximum atomic E-state index is 12.6. The van der Waals surface area contributed by atoms with Crippen LogP contribution in [-0.4, -0.2) is 52.9 Å². The molecule has 1 aromatic carbocycles. The van der Waals surface area contributed by atoms with Gasteiger partial charge in [0.25, 0.3) is 5.24 Å².